The highest BCUT2D eigenvalue weighted by molar-refractivity contribution is 6.74. The Balaban J connectivity index is 2.83. The van der Waals surface area contributed by atoms with Gasteiger partial charge in [0.1, 0.15) is 5.75 Å². The quantitative estimate of drug-likeness (QED) is 0.750. The maximum atomic E-state index is 6.25. The molecule has 0 atom stereocenters. The van der Waals surface area contributed by atoms with Crippen molar-refractivity contribution in [2.75, 3.05) is 0 Å². The summed E-state index contributed by atoms with van der Waals surface area (Å²) >= 11 is 0. The van der Waals surface area contributed by atoms with E-state index in [9.17, 15) is 0 Å². The van der Waals surface area contributed by atoms with Crippen molar-refractivity contribution in [1.82, 2.24) is 0 Å². The normalized spacial score (nSPS) is 12.9. The monoisotopic (exact) mass is 265 g/mol. The van der Waals surface area contributed by atoms with Crippen LogP contribution < -0.4 is 9.61 Å². The largest absolute Gasteiger partial charge is 0.544 e. The summed E-state index contributed by atoms with van der Waals surface area (Å²) in [4.78, 5) is 0. The van der Waals surface area contributed by atoms with Crippen molar-refractivity contribution in [2.24, 2.45) is 0 Å². The van der Waals surface area contributed by atoms with E-state index in [1.54, 1.807) is 0 Å². The highest BCUT2D eigenvalue weighted by Crippen LogP contribution is 2.37. The lowest BCUT2D eigenvalue weighted by molar-refractivity contribution is 0.492. The molecule has 1 aromatic rings. The van der Waals surface area contributed by atoms with Gasteiger partial charge in [-0.2, -0.15) is 0 Å². The highest BCUT2D eigenvalue weighted by Gasteiger charge is 2.38. The second-order valence-corrected chi connectivity index (χ2v) is 13.7. The van der Waals surface area contributed by atoms with E-state index in [1.807, 2.05) is 0 Å². The van der Waals surface area contributed by atoms with Crippen LogP contribution >= 0.6 is 0 Å². The topological polar surface area (TPSA) is 9.23 Å². The fraction of sp³-hybridized carbons (Fsp3) is 0.571. The lowest BCUT2D eigenvalue weighted by Gasteiger charge is -2.36. The number of hydrogen-bond donors (Lipinski definition) is 0. The number of rotatable bonds is 3. The molecular formula is C14H25OSi2. The number of hydrogen-bond acceptors (Lipinski definition) is 1. The Labute approximate surface area is 109 Å². The average molecular weight is 266 g/mol. The van der Waals surface area contributed by atoms with Gasteiger partial charge in [-0.05, 0) is 30.3 Å². The smallest absolute Gasteiger partial charge is 0.250 e. The van der Waals surface area contributed by atoms with Crippen molar-refractivity contribution < 1.29 is 4.43 Å². The predicted octanol–water partition coefficient (Wildman–Crippen LogP) is 4.03. The van der Waals surface area contributed by atoms with Crippen LogP contribution in [0.4, 0.5) is 0 Å². The lowest BCUT2D eigenvalue weighted by Crippen LogP contribution is -2.43. The Hall–Kier alpha value is -0.546. The first-order valence-electron chi connectivity index (χ1n) is 6.23. The van der Waals surface area contributed by atoms with Gasteiger partial charge in [-0.15, -0.1) is 0 Å². The molecule has 0 bridgehead atoms. The van der Waals surface area contributed by atoms with E-state index in [4.69, 9.17) is 4.43 Å². The average Bonchev–Trinajstić information content (AvgIpc) is 2.16. The molecule has 0 unspecified atom stereocenters. The fourth-order valence-corrected chi connectivity index (χ4v) is 3.17. The molecule has 0 fully saturated rings. The van der Waals surface area contributed by atoms with Gasteiger partial charge < -0.3 is 4.43 Å². The minimum Gasteiger partial charge on any atom is -0.544 e. The molecule has 0 heterocycles. The second-order valence-electron chi connectivity index (χ2n) is 6.39. The standard InChI is InChI=1S/C14H25OSi2/c1-14(2,3)17(6,7)15-12-8-10-13(11-9-12)16(4)5/h8-11H,1-7H3. The maximum Gasteiger partial charge on any atom is 0.250 e. The van der Waals surface area contributed by atoms with Crippen LogP contribution in [0.3, 0.4) is 0 Å². The van der Waals surface area contributed by atoms with Crippen LogP contribution in [0.1, 0.15) is 20.8 Å². The first-order chi connectivity index (χ1) is 7.63. The summed E-state index contributed by atoms with van der Waals surface area (Å²) in [6, 6.07) is 8.70. The second kappa shape index (κ2) is 4.98. The minimum atomic E-state index is -1.68. The van der Waals surface area contributed by atoms with Crippen molar-refractivity contribution in [1.29, 1.82) is 0 Å². The zero-order valence-electron chi connectivity index (χ0n) is 12.2. The first kappa shape index (κ1) is 14.5. The third kappa shape index (κ3) is 3.71. The summed E-state index contributed by atoms with van der Waals surface area (Å²) in [5, 5.41) is 1.73. The van der Waals surface area contributed by atoms with Crippen LogP contribution in [0.25, 0.3) is 0 Å². The predicted molar refractivity (Wildman–Crippen MR) is 81.4 cm³/mol. The van der Waals surface area contributed by atoms with Gasteiger partial charge in [0.15, 0.2) is 0 Å². The highest BCUT2D eigenvalue weighted by atomic mass is 28.4. The van der Waals surface area contributed by atoms with Gasteiger partial charge in [-0.3, -0.25) is 0 Å². The molecule has 3 heteroatoms. The fourth-order valence-electron chi connectivity index (χ4n) is 1.30. The molecular weight excluding hydrogens is 240 g/mol. The summed E-state index contributed by atoms with van der Waals surface area (Å²) in [6.45, 7) is 16.0. The van der Waals surface area contributed by atoms with Crippen molar-refractivity contribution in [3.8, 4) is 5.75 Å². The van der Waals surface area contributed by atoms with Crippen molar-refractivity contribution in [3.63, 3.8) is 0 Å². The van der Waals surface area contributed by atoms with Crippen LogP contribution in [0.15, 0.2) is 24.3 Å². The minimum absolute atomic E-state index is 0.260. The Kier molecular flexibility index (Phi) is 4.25. The van der Waals surface area contributed by atoms with Gasteiger partial charge in [0.2, 0.25) is 8.32 Å². The molecule has 17 heavy (non-hydrogen) atoms. The Bertz CT molecular complexity index is 361. The SMILES string of the molecule is C[Si](C)c1ccc(O[Si](C)(C)C(C)(C)C)cc1. The molecule has 95 valence electrons. The van der Waals surface area contributed by atoms with E-state index < -0.39 is 8.32 Å². The zero-order chi connectivity index (χ0) is 13.3. The van der Waals surface area contributed by atoms with E-state index in [0.717, 1.165) is 5.75 Å². The Morgan fingerprint density at radius 3 is 1.82 bits per heavy atom. The maximum absolute atomic E-state index is 6.25. The molecule has 0 aliphatic rings. The van der Waals surface area contributed by atoms with E-state index in [2.05, 4.69) is 71.2 Å². The Morgan fingerprint density at radius 1 is 1.00 bits per heavy atom. The van der Waals surface area contributed by atoms with Gasteiger partial charge in [-0.25, -0.2) is 0 Å². The zero-order valence-corrected chi connectivity index (χ0v) is 14.2. The van der Waals surface area contributed by atoms with Crippen molar-refractivity contribution in [2.45, 2.75) is 52.0 Å². The van der Waals surface area contributed by atoms with Gasteiger partial charge in [0.25, 0.3) is 0 Å². The van der Waals surface area contributed by atoms with Gasteiger partial charge in [-0.1, -0.05) is 51.2 Å². The number of benzene rings is 1. The molecule has 0 aliphatic heterocycles. The molecule has 1 nitrogen and oxygen atoms in total. The third-order valence-electron chi connectivity index (χ3n) is 3.61. The van der Waals surface area contributed by atoms with E-state index in [1.165, 1.54) is 5.19 Å². The third-order valence-corrected chi connectivity index (χ3v) is 9.46. The lowest BCUT2D eigenvalue weighted by atomic mass is 10.2. The van der Waals surface area contributed by atoms with Gasteiger partial charge in [0, 0.05) is 0 Å². The molecule has 0 spiro atoms. The van der Waals surface area contributed by atoms with Crippen LogP contribution in [0, 0.1) is 0 Å². The van der Waals surface area contributed by atoms with Crippen LogP contribution in [-0.2, 0) is 0 Å². The molecule has 0 amide bonds. The van der Waals surface area contributed by atoms with Crippen LogP contribution in [0.2, 0.25) is 31.2 Å². The van der Waals surface area contributed by atoms with Gasteiger partial charge >= 0.3 is 0 Å². The summed E-state index contributed by atoms with van der Waals surface area (Å²) < 4.78 is 6.25. The molecule has 0 N–H and O–H groups in total. The summed E-state index contributed by atoms with van der Waals surface area (Å²) in [5.74, 6) is 1.03. The van der Waals surface area contributed by atoms with Gasteiger partial charge in [0.05, 0.1) is 8.80 Å². The summed E-state index contributed by atoms with van der Waals surface area (Å²) in [7, 11) is -2.03. The van der Waals surface area contributed by atoms with E-state index >= 15 is 0 Å². The Morgan fingerprint density at radius 2 is 1.47 bits per heavy atom. The van der Waals surface area contributed by atoms with Crippen LogP contribution in [0.5, 0.6) is 5.75 Å². The van der Waals surface area contributed by atoms with Crippen molar-refractivity contribution >= 4 is 22.3 Å². The first-order valence-corrected chi connectivity index (χ1v) is 11.6. The molecule has 1 rings (SSSR count). The van der Waals surface area contributed by atoms with E-state index in [0.29, 0.717) is 0 Å². The molecule has 0 saturated carbocycles. The van der Waals surface area contributed by atoms with E-state index in [-0.39, 0.29) is 13.8 Å². The van der Waals surface area contributed by atoms with Crippen LogP contribution in [-0.4, -0.2) is 17.1 Å². The molecule has 1 radical (unpaired) electrons. The molecule has 0 aliphatic carbocycles. The molecule has 1 aromatic carbocycles. The summed E-state index contributed by atoms with van der Waals surface area (Å²) in [5.41, 5.74) is 0. The molecule has 0 saturated heterocycles. The molecule has 0 aromatic heterocycles. The van der Waals surface area contributed by atoms with Crippen molar-refractivity contribution in [3.05, 3.63) is 24.3 Å². The summed E-state index contributed by atoms with van der Waals surface area (Å²) in [6.07, 6.45) is 0.